The number of carbonyl (C=O) groups is 1. The van der Waals surface area contributed by atoms with Gasteiger partial charge in [-0.15, -0.1) is 0 Å². The van der Waals surface area contributed by atoms with Crippen molar-refractivity contribution in [2.75, 3.05) is 5.01 Å². The molecule has 0 N–H and O–H groups in total. The Morgan fingerprint density at radius 2 is 1.81 bits per heavy atom. The number of anilines is 1. The summed E-state index contributed by atoms with van der Waals surface area (Å²) in [7, 11) is 0. The highest BCUT2D eigenvalue weighted by atomic mass is 32.1. The third kappa shape index (κ3) is 3.81. The quantitative estimate of drug-likeness (QED) is 0.214. The van der Waals surface area contributed by atoms with Crippen LogP contribution in [0.15, 0.2) is 93.2 Å². The first-order valence-electron chi connectivity index (χ1n) is 9.92. The van der Waals surface area contributed by atoms with Gasteiger partial charge in [0, 0.05) is 5.39 Å². The van der Waals surface area contributed by atoms with Crippen molar-refractivity contribution in [2.45, 2.75) is 6.92 Å². The minimum absolute atomic E-state index is 0.107. The summed E-state index contributed by atoms with van der Waals surface area (Å²) < 4.78 is 6.29. The predicted octanol–water partition coefficient (Wildman–Crippen LogP) is 5.39. The molecule has 0 unspecified atom stereocenters. The van der Waals surface area contributed by atoms with Crippen LogP contribution in [0.5, 0.6) is 0 Å². The van der Waals surface area contributed by atoms with Gasteiger partial charge in [-0.2, -0.15) is 10.1 Å². The largest absolute Gasteiger partial charge is 0.422 e. The molecule has 2 aromatic heterocycles. The Labute approximate surface area is 187 Å². The Kier molecular flexibility index (Phi) is 5.09. The number of rotatable bonds is 4. The summed E-state index contributed by atoms with van der Waals surface area (Å²) in [6.45, 7) is 2.00. The molecule has 0 aliphatic heterocycles. The van der Waals surface area contributed by atoms with E-state index in [1.165, 1.54) is 17.4 Å². The van der Waals surface area contributed by atoms with Crippen molar-refractivity contribution >= 4 is 49.8 Å². The van der Waals surface area contributed by atoms with E-state index < -0.39 is 11.5 Å². The number of aromatic nitrogens is 1. The summed E-state index contributed by atoms with van der Waals surface area (Å²) >= 11 is 1.33. The lowest BCUT2D eigenvalue weighted by Gasteiger charge is -2.13. The van der Waals surface area contributed by atoms with E-state index >= 15 is 0 Å². The van der Waals surface area contributed by atoms with Crippen molar-refractivity contribution in [1.82, 2.24) is 4.98 Å². The Morgan fingerprint density at radius 3 is 2.66 bits per heavy atom. The van der Waals surface area contributed by atoms with Crippen LogP contribution in [0.4, 0.5) is 5.13 Å². The molecule has 0 atom stereocenters. The molecule has 0 aliphatic rings. The van der Waals surface area contributed by atoms with Crippen LogP contribution in [-0.2, 0) is 0 Å². The zero-order valence-electron chi connectivity index (χ0n) is 17.1. The fraction of sp³-hybridized carbons (Fsp3) is 0.0400. The van der Waals surface area contributed by atoms with Gasteiger partial charge < -0.3 is 4.42 Å². The fourth-order valence-electron chi connectivity index (χ4n) is 3.29. The molecular formula is C25H17N3O3S. The first kappa shape index (κ1) is 19.8. The molecule has 2 heterocycles. The van der Waals surface area contributed by atoms with E-state index in [4.69, 9.17) is 4.42 Å². The number of aryl methyl sites for hydroxylation is 1. The first-order chi connectivity index (χ1) is 15.6. The van der Waals surface area contributed by atoms with Crippen molar-refractivity contribution < 1.29 is 9.21 Å². The van der Waals surface area contributed by atoms with E-state index in [0.717, 1.165) is 26.4 Å². The summed E-state index contributed by atoms with van der Waals surface area (Å²) in [6.07, 6.45) is 1.57. The van der Waals surface area contributed by atoms with E-state index in [1.807, 2.05) is 61.5 Å². The molecule has 0 aliphatic carbocycles. The molecule has 5 aromatic rings. The number of thiazole rings is 1. The van der Waals surface area contributed by atoms with Gasteiger partial charge in [0.25, 0.3) is 5.91 Å². The van der Waals surface area contributed by atoms with Crippen LogP contribution in [-0.4, -0.2) is 17.1 Å². The van der Waals surface area contributed by atoms with Gasteiger partial charge in [0.15, 0.2) is 0 Å². The normalized spacial score (nSPS) is 11.4. The molecule has 6 nitrogen and oxygen atoms in total. The van der Waals surface area contributed by atoms with E-state index in [-0.39, 0.29) is 5.56 Å². The lowest BCUT2D eigenvalue weighted by Crippen LogP contribution is -2.30. The number of fused-ring (bicyclic) bond motifs is 2. The lowest BCUT2D eigenvalue weighted by atomic mass is 10.2. The molecular weight excluding hydrogens is 422 g/mol. The summed E-state index contributed by atoms with van der Waals surface area (Å²) in [5.74, 6) is -0.604. The number of para-hydroxylation sites is 1. The Bertz CT molecular complexity index is 1540. The summed E-state index contributed by atoms with van der Waals surface area (Å²) in [4.78, 5) is 30.7. The predicted molar refractivity (Wildman–Crippen MR) is 128 cm³/mol. The smallest absolute Gasteiger partial charge is 0.349 e. The Morgan fingerprint density at radius 1 is 1.03 bits per heavy atom. The van der Waals surface area contributed by atoms with Crippen molar-refractivity contribution in [3.8, 4) is 0 Å². The summed E-state index contributed by atoms with van der Waals surface area (Å²) in [5, 5.41) is 6.59. The molecule has 0 spiro atoms. The average Bonchev–Trinajstić information content (AvgIpc) is 3.22. The molecule has 156 valence electrons. The lowest BCUT2D eigenvalue weighted by molar-refractivity contribution is 0.0984. The maximum absolute atomic E-state index is 13.5. The minimum Gasteiger partial charge on any atom is -0.422 e. The molecule has 32 heavy (non-hydrogen) atoms. The molecule has 0 saturated heterocycles. The molecule has 0 bridgehead atoms. The van der Waals surface area contributed by atoms with Crippen LogP contribution >= 0.6 is 11.3 Å². The first-order valence-corrected chi connectivity index (χ1v) is 10.7. The minimum atomic E-state index is -0.717. The van der Waals surface area contributed by atoms with E-state index in [2.05, 4.69) is 10.1 Å². The van der Waals surface area contributed by atoms with Crippen LogP contribution in [0, 0.1) is 6.92 Å². The monoisotopic (exact) mass is 439 g/mol. The fourth-order valence-corrected chi connectivity index (χ4v) is 4.31. The number of amides is 1. The SMILES string of the molecule is Cc1ccc2nc(N(/N=C/c3ccccc3)C(=O)c3cc4ccccc4oc3=O)sc2c1. The topological polar surface area (TPSA) is 75.8 Å². The highest BCUT2D eigenvalue weighted by molar-refractivity contribution is 7.22. The standard InChI is InChI=1S/C25H17N3O3S/c1-16-11-12-20-22(13-16)32-25(27-20)28(26-15-17-7-3-2-4-8-17)23(29)19-14-18-9-5-6-10-21(18)31-24(19)30/h2-15H,1H3/b26-15+. The van der Waals surface area contributed by atoms with Crippen LogP contribution in [0.25, 0.3) is 21.2 Å². The number of benzene rings is 3. The molecule has 0 saturated carbocycles. The second kappa shape index (κ2) is 8.20. The van der Waals surface area contributed by atoms with Gasteiger partial charge in [-0.1, -0.05) is 65.9 Å². The highest BCUT2D eigenvalue weighted by Gasteiger charge is 2.24. The molecule has 5 rings (SSSR count). The molecule has 7 heteroatoms. The second-order valence-electron chi connectivity index (χ2n) is 7.23. The number of hydrogen-bond donors (Lipinski definition) is 0. The molecule has 3 aromatic carbocycles. The van der Waals surface area contributed by atoms with Gasteiger partial charge in [-0.3, -0.25) is 4.79 Å². The number of hydrazone groups is 1. The van der Waals surface area contributed by atoms with E-state index in [0.29, 0.717) is 16.1 Å². The number of nitrogens with zero attached hydrogens (tertiary/aromatic N) is 3. The molecule has 0 radical (unpaired) electrons. The van der Waals surface area contributed by atoms with Crippen molar-refractivity contribution in [3.05, 3.63) is 106 Å². The Balaban J connectivity index is 1.63. The van der Waals surface area contributed by atoms with Crippen LogP contribution in [0.2, 0.25) is 0 Å². The van der Waals surface area contributed by atoms with Gasteiger partial charge in [0.2, 0.25) is 5.13 Å². The van der Waals surface area contributed by atoms with Crippen LogP contribution < -0.4 is 10.6 Å². The van der Waals surface area contributed by atoms with Gasteiger partial charge in [-0.05, 0) is 42.3 Å². The highest BCUT2D eigenvalue weighted by Crippen LogP contribution is 2.30. The van der Waals surface area contributed by atoms with Crippen molar-refractivity contribution in [1.29, 1.82) is 0 Å². The maximum atomic E-state index is 13.5. The average molecular weight is 439 g/mol. The van der Waals surface area contributed by atoms with Crippen LogP contribution in [0.3, 0.4) is 0 Å². The van der Waals surface area contributed by atoms with Crippen molar-refractivity contribution in [2.24, 2.45) is 5.10 Å². The Hall–Kier alpha value is -4.10. The van der Waals surface area contributed by atoms with Gasteiger partial charge in [0.05, 0.1) is 16.4 Å². The summed E-state index contributed by atoms with van der Waals surface area (Å²) in [5.41, 5.74) is 2.26. The van der Waals surface area contributed by atoms with Gasteiger partial charge in [-0.25, -0.2) is 9.78 Å². The zero-order chi connectivity index (χ0) is 22.1. The zero-order valence-corrected chi connectivity index (χ0v) is 17.9. The van der Waals surface area contributed by atoms with E-state index in [9.17, 15) is 9.59 Å². The number of hydrogen-bond acceptors (Lipinski definition) is 6. The van der Waals surface area contributed by atoms with Crippen molar-refractivity contribution in [3.63, 3.8) is 0 Å². The third-order valence-corrected chi connectivity index (χ3v) is 5.89. The number of carbonyl (C=O) groups excluding carboxylic acids is 1. The second-order valence-corrected chi connectivity index (χ2v) is 8.23. The van der Waals surface area contributed by atoms with Crippen LogP contribution in [0.1, 0.15) is 21.5 Å². The van der Waals surface area contributed by atoms with Gasteiger partial charge in [0.1, 0.15) is 11.1 Å². The molecule has 0 fully saturated rings. The maximum Gasteiger partial charge on any atom is 0.349 e. The molecule has 1 amide bonds. The van der Waals surface area contributed by atoms with Gasteiger partial charge >= 0.3 is 5.63 Å². The summed E-state index contributed by atoms with van der Waals surface area (Å²) in [6, 6.07) is 23.9. The third-order valence-electron chi connectivity index (χ3n) is 4.90. The van der Waals surface area contributed by atoms with E-state index in [1.54, 1.807) is 24.4 Å².